The highest BCUT2D eigenvalue weighted by Gasteiger charge is 2.36. The number of carboxylic acid groups (broad SMARTS) is 1. The van der Waals surface area contributed by atoms with Crippen LogP contribution in [0.2, 0.25) is 0 Å². The van der Waals surface area contributed by atoms with Gasteiger partial charge in [-0.15, -0.1) is 0 Å². The van der Waals surface area contributed by atoms with Crippen molar-refractivity contribution in [1.29, 1.82) is 0 Å². The molecule has 0 saturated heterocycles. The van der Waals surface area contributed by atoms with Crippen LogP contribution in [0.15, 0.2) is 60.7 Å². The van der Waals surface area contributed by atoms with E-state index in [1.807, 2.05) is 0 Å². The zero-order valence-electron chi connectivity index (χ0n) is 14.7. The van der Waals surface area contributed by atoms with Gasteiger partial charge in [0.15, 0.2) is 0 Å². The maximum absolute atomic E-state index is 14.6. The van der Waals surface area contributed by atoms with Crippen molar-refractivity contribution in [3.05, 3.63) is 94.8 Å². The van der Waals surface area contributed by atoms with E-state index in [4.69, 9.17) is 5.11 Å². The van der Waals surface area contributed by atoms with Crippen LogP contribution in [0.1, 0.15) is 21.5 Å². The van der Waals surface area contributed by atoms with E-state index in [9.17, 15) is 22.8 Å². The number of hydrogen-bond donors (Lipinski definition) is 1. The lowest BCUT2D eigenvalue weighted by molar-refractivity contribution is -0.112. The summed E-state index contributed by atoms with van der Waals surface area (Å²) >= 11 is 0. The van der Waals surface area contributed by atoms with Gasteiger partial charge in [-0.25, -0.2) is 18.0 Å². The molecule has 0 spiro atoms. The monoisotopic (exact) mass is 395 g/mol. The predicted octanol–water partition coefficient (Wildman–Crippen LogP) is 5.02. The van der Waals surface area contributed by atoms with Gasteiger partial charge in [-0.1, -0.05) is 12.1 Å². The smallest absolute Gasteiger partial charge is 0.335 e. The van der Waals surface area contributed by atoms with Crippen LogP contribution in [0.4, 0.5) is 24.5 Å². The van der Waals surface area contributed by atoms with Crippen molar-refractivity contribution in [2.24, 2.45) is 0 Å². The molecule has 1 aliphatic rings. The van der Waals surface area contributed by atoms with Crippen molar-refractivity contribution in [1.82, 2.24) is 0 Å². The Morgan fingerprint density at radius 3 is 2.07 bits per heavy atom. The summed E-state index contributed by atoms with van der Waals surface area (Å²) in [6, 6.07) is 12.8. The highest BCUT2D eigenvalue weighted by atomic mass is 19.1. The normalized spacial score (nSPS) is 14.4. The average Bonchev–Trinajstić information content (AvgIpc) is 2.97. The van der Waals surface area contributed by atoms with E-state index in [1.165, 1.54) is 47.4 Å². The largest absolute Gasteiger partial charge is 0.478 e. The number of fused-ring (bicyclic) bond motifs is 1. The number of anilines is 2. The zero-order chi connectivity index (χ0) is 20.7. The van der Waals surface area contributed by atoms with Crippen molar-refractivity contribution < 1.29 is 27.9 Å². The number of carboxylic acids is 1. The molecule has 1 N–H and O–H groups in total. The molecule has 4 rings (SSSR count). The van der Waals surface area contributed by atoms with E-state index in [2.05, 4.69) is 0 Å². The lowest BCUT2D eigenvalue weighted by Gasteiger charge is -2.17. The molecule has 0 bridgehead atoms. The summed E-state index contributed by atoms with van der Waals surface area (Å²) in [7, 11) is 0. The maximum atomic E-state index is 14.6. The second-order valence-electron chi connectivity index (χ2n) is 6.32. The second kappa shape index (κ2) is 6.94. The summed E-state index contributed by atoms with van der Waals surface area (Å²) in [6.45, 7) is 0. The van der Waals surface area contributed by atoms with E-state index in [1.54, 1.807) is 0 Å². The molecule has 144 valence electrons. The third-order valence-corrected chi connectivity index (χ3v) is 4.60. The van der Waals surface area contributed by atoms with Gasteiger partial charge in [0, 0.05) is 16.8 Å². The fourth-order valence-corrected chi connectivity index (χ4v) is 3.24. The molecule has 0 unspecified atom stereocenters. The Balaban J connectivity index is 1.89. The van der Waals surface area contributed by atoms with Crippen LogP contribution in [0, 0.1) is 17.5 Å². The molecule has 29 heavy (non-hydrogen) atoms. The van der Waals surface area contributed by atoms with Crippen molar-refractivity contribution in [2.75, 3.05) is 4.90 Å². The average molecular weight is 395 g/mol. The predicted molar refractivity (Wildman–Crippen MR) is 101 cm³/mol. The Hall–Kier alpha value is -3.87. The van der Waals surface area contributed by atoms with Gasteiger partial charge < -0.3 is 5.11 Å². The van der Waals surface area contributed by atoms with Crippen molar-refractivity contribution in [3.8, 4) is 0 Å². The van der Waals surface area contributed by atoms with E-state index in [0.29, 0.717) is 5.69 Å². The molecule has 3 aromatic rings. The number of benzene rings is 3. The first-order valence-electron chi connectivity index (χ1n) is 8.51. The highest BCUT2D eigenvalue weighted by Crippen LogP contribution is 2.43. The third-order valence-electron chi connectivity index (χ3n) is 4.60. The summed E-state index contributed by atoms with van der Waals surface area (Å²) in [5, 5.41) is 9.04. The highest BCUT2D eigenvalue weighted by molar-refractivity contribution is 6.38. The van der Waals surface area contributed by atoms with E-state index in [-0.39, 0.29) is 22.4 Å². The first-order chi connectivity index (χ1) is 13.9. The van der Waals surface area contributed by atoms with Crippen LogP contribution < -0.4 is 4.90 Å². The molecule has 7 heteroatoms. The number of carbonyl (C=O) groups is 2. The summed E-state index contributed by atoms with van der Waals surface area (Å²) < 4.78 is 42.8. The topological polar surface area (TPSA) is 57.6 Å². The number of nitrogens with zero attached hydrogens (tertiary/aromatic N) is 1. The summed E-state index contributed by atoms with van der Waals surface area (Å²) in [4.78, 5) is 25.3. The van der Waals surface area contributed by atoms with Gasteiger partial charge in [0.1, 0.15) is 17.5 Å². The Morgan fingerprint density at radius 2 is 1.45 bits per heavy atom. The quantitative estimate of drug-likeness (QED) is 0.634. The lowest BCUT2D eigenvalue weighted by atomic mass is 10.0. The summed E-state index contributed by atoms with van der Waals surface area (Å²) in [6.07, 6.45) is 0.987. The number of aromatic carboxylic acids is 1. The van der Waals surface area contributed by atoms with Crippen LogP contribution in [-0.2, 0) is 4.79 Å². The van der Waals surface area contributed by atoms with Crippen LogP contribution in [-0.4, -0.2) is 17.0 Å². The minimum absolute atomic E-state index is 0.0176. The van der Waals surface area contributed by atoms with Crippen LogP contribution in [0.25, 0.3) is 11.6 Å². The number of halogens is 3. The Bertz CT molecular complexity index is 1170. The Morgan fingerprint density at radius 1 is 0.862 bits per heavy atom. The molecule has 3 aromatic carbocycles. The molecule has 0 radical (unpaired) electrons. The zero-order valence-corrected chi connectivity index (χ0v) is 14.7. The van der Waals surface area contributed by atoms with Crippen molar-refractivity contribution in [3.63, 3.8) is 0 Å². The van der Waals surface area contributed by atoms with Crippen molar-refractivity contribution in [2.45, 2.75) is 0 Å². The van der Waals surface area contributed by atoms with Gasteiger partial charge >= 0.3 is 5.97 Å². The molecule has 0 fully saturated rings. The second-order valence-corrected chi connectivity index (χ2v) is 6.32. The van der Waals surface area contributed by atoms with E-state index < -0.39 is 34.9 Å². The standard InChI is InChI=1S/C22H12F3NO3/c23-16-3-1-4-17(24)14(16)11-15-20-18(25)5-2-6-19(20)26(21(15)27)13-9-7-12(8-10-13)22(28)29/h1-11H,(H,28,29)/b15-11-. The molecule has 0 atom stereocenters. The molecule has 4 nitrogen and oxygen atoms in total. The number of hydrogen-bond acceptors (Lipinski definition) is 2. The minimum atomic E-state index is -1.13. The Labute approximate surface area is 163 Å². The molecular formula is C22H12F3NO3. The number of carbonyl (C=O) groups excluding carboxylic acids is 1. The van der Waals surface area contributed by atoms with Gasteiger partial charge in [-0.2, -0.15) is 0 Å². The summed E-state index contributed by atoms with van der Waals surface area (Å²) in [5.41, 5.74) is -0.227. The molecule has 0 aliphatic carbocycles. The van der Waals surface area contributed by atoms with Crippen LogP contribution in [0.3, 0.4) is 0 Å². The molecular weight excluding hydrogens is 383 g/mol. The van der Waals surface area contributed by atoms with Gasteiger partial charge in [0.05, 0.1) is 16.8 Å². The molecule has 0 saturated carbocycles. The SMILES string of the molecule is O=C(O)c1ccc(N2C(=O)/C(=C\c3c(F)cccc3F)c3c(F)cccc32)cc1. The van der Waals surface area contributed by atoms with Crippen LogP contribution >= 0.6 is 0 Å². The molecule has 1 amide bonds. The maximum Gasteiger partial charge on any atom is 0.335 e. The third kappa shape index (κ3) is 3.06. The van der Waals surface area contributed by atoms with Gasteiger partial charge in [0.25, 0.3) is 5.91 Å². The van der Waals surface area contributed by atoms with Crippen molar-refractivity contribution >= 4 is 34.9 Å². The first kappa shape index (κ1) is 18.5. The summed E-state index contributed by atoms with van der Waals surface area (Å²) in [5.74, 6) is -4.30. The fourth-order valence-electron chi connectivity index (χ4n) is 3.24. The van der Waals surface area contributed by atoms with Crippen LogP contribution in [0.5, 0.6) is 0 Å². The fraction of sp³-hybridized carbons (Fsp3) is 0. The molecule has 0 aromatic heterocycles. The number of rotatable bonds is 3. The Kier molecular flexibility index (Phi) is 4.43. The minimum Gasteiger partial charge on any atom is -0.478 e. The van der Waals surface area contributed by atoms with Gasteiger partial charge in [-0.05, 0) is 54.6 Å². The van der Waals surface area contributed by atoms with E-state index in [0.717, 1.165) is 24.3 Å². The molecule has 1 aliphatic heterocycles. The first-order valence-corrected chi connectivity index (χ1v) is 8.51. The van der Waals surface area contributed by atoms with Gasteiger partial charge in [0.2, 0.25) is 0 Å². The van der Waals surface area contributed by atoms with Gasteiger partial charge in [-0.3, -0.25) is 9.69 Å². The molecule has 1 heterocycles. The lowest BCUT2D eigenvalue weighted by Crippen LogP contribution is -2.20. The van der Waals surface area contributed by atoms with E-state index >= 15 is 0 Å². The number of amides is 1.